The molecule has 0 saturated heterocycles. The Morgan fingerprint density at radius 1 is 0.613 bits per heavy atom. The van der Waals surface area contributed by atoms with Gasteiger partial charge in [-0.2, -0.15) is 0 Å². The summed E-state index contributed by atoms with van der Waals surface area (Å²) in [6.45, 7) is 1.84. The SMILES string of the molecule is COC(=O)CCCCCC(=O)Oc1ccc(C)cc1OC(=O)CCCCCC(=O)OC. The molecule has 0 aromatic heterocycles. The largest absolute Gasteiger partial charge is 0.469 e. The topological polar surface area (TPSA) is 105 Å². The van der Waals surface area contributed by atoms with Crippen molar-refractivity contribution >= 4 is 23.9 Å². The molecule has 172 valence electrons. The fraction of sp³-hybridized carbons (Fsp3) is 0.565. The second kappa shape index (κ2) is 15.0. The van der Waals surface area contributed by atoms with E-state index in [0.717, 1.165) is 5.56 Å². The first kappa shape index (κ1) is 26.1. The molecule has 0 radical (unpaired) electrons. The van der Waals surface area contributed by atoms with Crippen LogP contribution in [0, 0.1) is 6.92 Å². The summed E-state index contributed by atoms with van der Waals surface area (Å²) in [6, 6.07) is 5.01. The van der Waals surface area contributed by atoms with Crippen LogP contribution in [0.15, 0.2) is 18.2 Å². The van der Waals surface area contributed by atoms with Crippen molar-refractivity contribution in [1.82, 2.24) is 0 Å². The Bertz CT molecular complexity index is 741. The van der Waals surface area contributed by atoms with Gasteiger partial charge in [-0.3, -0.25) is 19.2 Å². The zero-order valence-corrected chi connectivity index (χ0v) is 18.6. The number of methoxy groups -OCH3 is 2. The van der Waals surface area contributed by atoms with E-state index in [0.29, 0.717) is 51.4 Å². The number of hydrogen-bond donors (Lipinski definition) is 0. The maximum atomic E-state index is 12.1. The van der Waals surface area contributed by atoms with Crippen LogP contribution in [0.4, 0.5) is 0 Å². The minimum atomic E-state index is -0.429. The maximum Gasteiger partial charge on any atom is 0.311 e. The predicted octanol–water partition coefficient (Wildman–Crippen LogP) is 4.05. The monoisotopic (exact) mass is 436 g/mol. The molecule has 8 heteroatoms. The molecule has 0 aliphatic carbocycles. The van der Waals surface area contributed by atoms with Crippen LogP contribution in [-0.4, -0.2) is 38.1 Å². The lowest BCUT2D eigenvalue weighted by Crippen LogP contribution is -2.12. The molecule has 0 saturated carbocycles. The highest BCUT2D eigenvalue weighted by Crippen LogP contribution is 2.29. The first-order chi connectivity index (χ1) is 14.8. The molecule has 31 heavy (non-hydrogen) atoms. The lowest BCUT2D eigenvalue weighted by Gasteiger charge is -2.11. The van der Waals surface area contributed by atoms with E-state index >= 15 is 0 Å². The molecule has 0 spiro atoms. The minimum absolute atomic E-state index is 0.197. The van der Waals surface area contributed by atoms with Gasteiger partial charge in [0.05, 0.1) is 14.2 Å². The first-order valence-electron chi connectivity index (χ1n) is 10.5. The quantitative estimate of drug-likeness (QED) is 0.244. The fourth-order valence-corrected chi connectivity index (χ4v) is 2.76. The Hall–Kier alpha value is -2.90. The highest BCUT2D eigenvalue weighted by atomic mass is 16.6. The predicted molar refractivity (Wildman–Crippen MR) is 113 cm³/mol. The molecule has 0 N–H and O–H groups in total. The summed E-state index contributed by atoms with van der Waals surface area (Å²) in [7, 11) is 2.69. The van der Waals surface area contributed by atoms with Gasteiger partial charge in [-0.25, -0.2) is 0 Å². The summed E-state index contributed by atoms with van der Waals surface area (Å²) in [5, 5.41) is 0. The number of rotatable bonds is 14. The second-order valence-electron chi connectivity index (χ2n) is 7.17. The molecule has 0 unspecified atom stereocenters. The molecule has 0 heterocycles. The summed E-state index contributed by atoms with van der Waals surface area (Å²) in [6.07, 6.45) is 4.92. The van der Waals surface area contributed by atoms with Crippen LogP contribution < -0.4 is 9.47 Å². The van der Waals surface area contributed by atoms with Crippen LogP contribution in [0.5, 0.6) is 11.5 Å². The molecule has 1 aromatic rings. The van der Waals surface area contributed by atoms with Crippen molar-refractivity contribution < 1.29 is 38.1 Å². The highest BCUT2D eigenvalue weighted by molar-refractivity contribution is 5.76. The van der Waals surface area contributed by atoms with Crippen LogP contribution in [-0.2, 0) is 28.7 Å². The van der Waals surface area contributed by atoms with Gasteiger partial charge in [0, 0.05) is 25.7 Å². The smallest absolute Gasteiger partial charge is 0.311 e. The van der Waals surface area contributed by atoms with Gasteiger partial charge < -0.3 is 18.9 Å². The van der Waals surface area contributed by atoms with E-state index in [4.69, 9.17) is 9.47 Å². The molecular weight excluding hydrogens is 404 g/mol. The molecular formula is C23H32O8. The molecule has 0 aliphatic rings. The van der Waals surface area contributed by atoms with E-state index in [-0.39, 0.29) is 36.3 Å². The standard InChI is InChI=1S/C23H32O8/c1-17-14-15-18(30-22(26)12-8-4-6-10-20(24)28-2)19(16-17)31-23(27)13-9-5-7-11-21(25)29-3/h14-16H,4-13H2,1-3H3. The number of ether oxygens (including phenoxy) is 4. The third-order valence-corrected chi connectivity index (χ3v) is 4.53. The van der Waals surface area contributed by atoms with Gasteiger partial charge in [0.15, 0.2) is 11.5 Å². The number of carbonyl (C=O) groups excluding carboxylic acids is 4. The lowest BCUT2D eigenvalue weighted by atomic mass is 10.1. The zero-order valence-electron chi connectivity index (χ0n) is 18.6. The van der Waals surface area contributed by atoms with Gasteiger partial charge in [0.2, 0.25) is 0 Å². The number of aryl methyl sites for hydroxylation is 1. The van der Waals surface area contributed by atoms with Crippen LogP contribution in [0.1, 0.15) is 69.8 Å². The highest BCUT2D eigenvalue weighted by Gasteiger charge is 2.14. The van der Waals surface area contributed by atoms with Crippen molar-refractivity contribution in [2.75, 3.05) is 14.2 Å². The Morgan fingerprint density at radius 3 is 1.48 bits per heavy atom. The van der Waals surface area contributed by atoms with Crippen molar-refractivity contribution in [2.45, 2.75) is 71.1 Å². The van der Waals surface area contributed by atoms with Gasteiger partial charge in [-0.05, 0) is 50.3 Å². The Balaban J connectivity index is 2.44. The van der Waals surface area contributed by atoms with Crippen LogP contribution in [0.3, 0.4) is 0 Å². The summed E-state index contributed by atoms with van der Waals surface area (Å²) >= 11 is 0. The van der Waals surface area contributed by atoms with Crippen molar-refractivity contribution in [3.05, 3.63) is 23.8 Å². The number of benzene rings is 1. The number of hydrogen-bond acceptors (Lipinski definition) is 8. The van der Waals surface area contributed by atoms with Crippen molar-refractivity contribution in [2.24, 2.45) is 0 Å². The van der Waals surface area contributed by atoms with Gasteiger partial charge in [-0.15, -0.1) is 0 Å². The second-order valence-corrected chi connectivity index (χ2v) is 7.17. The summed E-state index contributed by atoms with van der Waals surface area (Å²) < 4.78 is 19.9. The summed E-state index contributed by atoms with van der Waals surface area (Å²) in [4.78, 5) is 46.4. The first-order valence-corrected chi connectivity index (χ1v) is 10.5. The van der Waals surface area contributed by atoms with Crippen molar-refractivity contribution in [3.8, 4) is 11.5 Å². The Kier molecular flexibility index (Phi) is 12.6. The number of esters is 4. The molecule has 0 atom stereocenters. The summed E-state index contributed by atoms with van der Waals surface area (Å²) in [5.74, 6) is -0.983. The minimum Gasteiger partial charge on any atom is -0.469 e. The van der Waals surface area contributed by atoms with E-state index in [1.165, 1.54) is 14.2 Å². The number of unbranched alkanes of at least 4 members (excludes halogenated alkanes) is 4. The van der Waals surface area contributed by atoms with E-state index in [2.05, 4.69) is 9.47 Å². The van der Waals surface area contributed by atoms with Crippen molar-refractivity contribution in [1.29, 1.82) is 0 Å². The van der Waals surface area contributed by atoms with Gasteiger partial charge in [-0.1, -0.05) is 18.9 Å². The number of carbonyl (C=O) groups is 4. The van der Waals surface area contributed by atoms with Crippen LogP contribution in [0.2, 0.25) is 0 Å². The molecule has 0 bridgehead atoms. The van der Waals surface area contributed by atoms with E-state index < -0.39 is 11.9 Å². The maximum absolute atomic E-state index is 12.1. The van der Waals surface area contributed by atoms with Gasteiger partial charge in [0.25, 0.3) is 0 Å². The third kappa shape index (κ3) is 11.8. The molecule has 1 aromatic carbocycles. The molecule has 1 rings (SSSR count). The zero-order chi connectivity index (χ0) is 23.1. The van der Waals surface area contributed by atoms with Gasteiger partial charge >= 0.3 is 23.9 Å². The van der Waals surface area contributed by atoms with Gasteiger partial charge in [0.1, 0.15) is 0 Å². The average molecular weight is 437 g/mol. The van der Waals surface area contributed by atoms with Crippen LogP contribution >= 0.6 is 0 Å². The average Bonchev–Trinajstić information content (AvgIpc) is 2.74. The molecule has 0 fully saturated rings. The van der Waals surface area contributed by atoms with E-state index in [1.54, 1.807) is 18.2 Å². The molecule has 0 amide bonds. The molecule has 0 aliphatic heterocycles. The molecule has 8 nitrogen and oxygen atoms in total. The Morgan fingerprint density at radius 2 is 1.03 bits per heavy atom. The third-order valence-electron chi connectivity index (χ3n) is 4.53. The Labute approximate surface area is 183 Å². The lowest BCUT2D eigenvalue weighted by molar-refractivity contribution is -0.141. The van der Waals surface area contributed by atoms with Crippen molar-refractivity contribution in [3.63, 3.8) is 0 Å². The summed E-state index contributed by atoms with van der Waals surface area (Å²) in [5.41, 5.74) is 0.864. The van der Waals surface area contributed by atoms with E-state index in [9.17, 15) is 19.2 Å². The normalized spacial score (nSPS) is 10.3. The van der Waals surface area contributed by atoms with E-state index in [1.807, 2.05) is 6.92 Å². The fourth-order valence-electron chi connectivity index (χ4n) is 2.76. The van der Waals surface area contributed by atoms with Crippen LogP contribution in [0.25, 0.3) is 0 Å².